The molecular weight excluding hydrogens is 822 g/mol. The number of halogens is 4. The molecule has 2 aliphatic carbocycles. The molecule has 6 rings (SSSR count). The van der Waals surface area contributed by atoms with Gasteiger partial charge in [0.2, 0.25) is 0 Å². The highest BCUT2D eigenvalue weighted by molar-refractivity contribution is 7.14. The number of rotatable bonds is 14. The van der Waals surface area contributed by atoms with E-state index in [1.807, 2.05) is 42.5 Å². The fourth-order valence-corrected chi connectivity index (χ4v) is 11.5. The van der Waals surface area contributed by atoms with Crippen LogP contribution in [0.15, 0.2) is 72.8 Å². The van der Waals surface area contributed by atoms with Gasteiger partial charge in [0, 0.05) is 42.4 Å². The number of alkyl halides is 2. The van der Waals surface area contributed by atoms with Crippen molar-refractivity contribution in [1.82, 2.24) is 0 Å². The van der Waals surface area contributed by atoms with E-state index >= 15 is 0 Å². The van der Waals surface area contributed by atoms with Crippen LogP contribution in [0.2, 0.25) is 10.0 Å². The van der Waals surface area contributed by atoms with Gasteiger partial charge in [0.25, 0.3) is 0 Å². The van der Waals surface area contributed by atoms with E-state index in [0.717, 1.165) is 53.8 Å². The van der Waals surface area contributed by atoms with E-state index in [1.54, 1.807) is 42.6 Å². The fourth-order valence-electron chi connectivity index (χ4n) is 8.12. The molecule has 300 valence electrons. The maximum Gasteiger partial charge on any atom is 0.169 e. The van der Waals surface area contributed by atoms with Gasteiger partial charge < -0.3 is 10.2 Å². The van der Waals surface area contributed by atoms with Crippen LogP contribution < -0.4 is 0 Å². The van der Waals surface area contributed by atoms with Gasteiger partial charge in [0.15, 0.2) is 11.6 Å². The Morgan fingerprint density at radius 1 is 0.661 bits per heavy atom. The number of ketones is 2. The number of carbonyl (C=O) groups excluding carboxylic acids is 2. The van der Waals surface area contributed by atoms with Crippen molar-refractivity contribution >= 4 is 92.8 Å². The Balaban J connectivity index is 0.000000214. The maximum atomic E-state index is 11.5. The third-order valence-corrected chi connectivity index (χ3v) is 14.8. The fraction of sp³-hybridized carbons (Fsp3) is 0.435. The molecule has 2 N–H and O–H groups in total. The predicted octanol–water partition coefficient (Wildman–Crippen LogP) is 13.1. The van der Waals surface area contributed by atoms with Crippen LogP contribution in [0, 0.1) is 37.5 Å². The van der Waals surface area contributed by atoms with Crippen LogP contribution in [0.25, 0.3) is 12.2 Å². The van der Waals surface area contributed by atoms with Crippen LogP contribution in [0.1, 0.15) is 104 Å². The number of benzene rings is 2. The number of hydrogen-bond donors (Lipinski definition) is 2. The van der Waals surface area contributed by atoms with Crippen molar-refractivity contribution in [2.24, 2.45) is 23.7 Å². The van der Waals surface area contributed by atoms with E-state index in [9.17, 15) is 19.8 Å². The minimum Gasteiger partial charge on any atom is -0.392 e. The molecule has 0 bridgehead atoms. The number of carbonyl (C=O) groups is 2. The molecule has 2 aromatic heterocycles. The molecule has 4 nitrogen and oxygen atoms in total. The molecular formula is C46H52Cl4O4S2. The van der Waals surface area contributed by atoms with Gasteiger partial charge in [-0.1, -0.05) is 76.8 Å². The molecule has 2 aromatic carbocycles. The summed E-state index contributed by atoms with van der Waals surface area (Å²) in [6.07, 6.45) is 14.5. The van der Waals surface area contributed by atoms with Crippen molar-refractivity contribution in [2.45, 2.75) is 102 Å². The first-order valence-corrected chi connectivity index (χ1v) is 22.7. The minimum absolute atomic E-state index is 0.0105. The lowest BCUT2D eigenvalue weighted by Gasteiger charge is -2.20. The predicted molar refractivity (Wildman–Crippen MR) is 239 cm³/mol. The Morgan fingerprint density at radius 2 is 1.07 bits per heavy atom. The monoisotopic (exact) mass is 872 g/mol. The summed E-state index contributed by atoms with van der Waals surface area (Å²) in [5, 5.41) is 22.2. The molecule has 2 saturated carbocycles. The molecule has 2 aliphatic rings. The molecule has 0 spiro atoms. The first-order chi connectivity index (χ1) is 26.7. The summed E-state index contributed by atoms with van der Waals surface area (Å²) in [4.78, 5) is 27.0. The molecule has 8 atom stereocenters. The summed E-state index contributed by atoms with van der Waals surface area (Å²) in [6, 6.07) is 19.8. The van der Waals surface area contributed by atoms with Crippen LogP contribution in [0.4, 0.5) is 0 Å². The molecule has 2 fully saturated rings. The van der Waals surface area contributed by atoms with Gasteiger partial charge in [0.05, 0.1) is 22.0 Å². The van der Waals surface area contributed by atoms with Crippen molar-refractivity contribution in [3.63, 3.8) is 0 Å². The summed E-state index contributed by atoms with van der Waals surface area (Å²) in [5.41, 5.74) is 4.59. The lowest BCUT2D eigenvalue weighted by Crippen LogP contribution is -2.18. The molecule has 0 unspecified atom stereocenters. The Labute approximate surface area is 360 Å². The van der Waals surface area contributed by atoms with Crippen LogP contribution in [-0.2, 0) is 12.8 Å². The molecule has 0 saturated heterocycles. The van der Waals surface area contributed by atoms with Crippen molar-refractivity contribution in [3.8, 4) is 0 Å². The van der Waals surface area contributed by atoms with Crippen molar-refractivity contribution in [1.29, 1.82) is 0 Å². The molecule has 10 heteroatoms. The van der Waals surface area contributed by atoms with E-state index in [1.165, 1.54) is 26.4 Å². The largest absolute Gasteiger partial charge is 0.392 e. The van der Waals surface area contributed by atoms with Gasteiger partial charge in [-0.3, -0.25) is 9.59 Å². The molecule has 2 heterocycles. The van der Waals surface area contributed by atoms with E-state index in [0.29, 0.717) is 22.9 Å². The zero-order valence-corrected chi connectivity index (χ0v) is 37.1. The maximum absolute atomic E-state index is 11.5. The number of thiophene rings is 2. The van der Waals surface area contributed by atoms with Crippen LogP contribution in [0.3, 0.4) is 0 Å². The normalized spacial score (nSPS) is 24.9. The number of aryl methyl sites for hydroxylation is 4. The SMILES string of the molecule is CC(=O)c1ccc(CCC[C@@H]2[C@@H](/C=C/c3cc(C)cc(C)c3)[C@H](O)C[C@H]2Cl)s1.CC(=O)c1ccc(CCC[C@@H]2[C@@H](/C=C/c3cc(Cl)cc(Cl)c3)[C@H](O)C[C@H]2Cl)s1. The second-order valence-corrected chi connectivity index (χ2v) is 19.7. The standard InChI is InChI=1S/C24H29ClO2S.C22H23Cl3O2S/c1-15-11-16(2)13-18(12-15)7-9-21-20(22(25)14-23(21)27)6-4-5-19-8-10-24(28-19)17(3)26;1-13(26)22-8-6-17(28-22)3-2-4-18-19(21(27)12-20(18)25)7-5-14-9-15(23)11-16(24)10-14/h7-13,20-23,27H,4-6,14H2,1-3H3;5-11,18-21,27H,2-4,12H2,1H3/b9-7+;7-5+/t20-,21-,22-,23-;18-,19-,20-,21-/m11/s1. The Morgan fingerprint density at radius 3 is 1.46 bits per heavy atom. The summed E-state index contributed by atoms with van der Waals surface area (Å²) in [7, 11) is 0. The van der Waals surface area contributed by atoms with Gasteiger partial charge in [0.1, 0.15) is 0 Å². The van der Waals surface area contributed by atoms with Crippen LogP contribution >= 0.6 is 69.1 Å². The van der Waals surface area contributed by atoms with Gasteiger partial charge in [-0.05, 0) is 144 Å². The van der Waals surface area contributed by atoms with Gasteiger partial charge in [-0.2, -0.15) is 0 Å². The van der Waals surface area contributed by atoms with E-state index in [2.05, 4.69) is 50.3 Å². The smallest absolute Gasteiger partial charge is 0.169 e. The molecule has 0 amide bonds. The Bertz CT molecular complexity index is 1820. The lowest BCUT2D eigenvalue weighted by atomic mass is 9.89. The Hall–Kier alpha value is -2.26. The second kappa shape index (κ2) is 21.1. The van der Waals surface area contributed by atoms with E-state index < -0.39 is 6.10 Å². The van der Waals surface area contributed by atoms with Crippen LogP contribution in [0.5, 0.6) is 0 Å². The number of aliphatic hydroxyl groups is 2. The summed E-state index contributed by atoms with van der Waals surface area (Å²) < 4.78 is 0. The third kappa shape index (κ3) is 12.9. The highest BCUT2D eigenvalue weighted by atomic mass is 35.5. The lowest BCUT2D eigenvalue weighted by molar-refractivity contribution is 0.101. The summed E-state index contributed by atoms with van der Waals surface area (Å²) >= 11 is 28.4. The first kappa shape index (κ1) is 44.8. The van der Waals surface area contributed by atoms with Crippen molar-refractivity contribution in [2.75, 3.05) is 0 Å². The minimum atomic E-state index is -0.440. The van der Waals surface area contributed by atoms with Gasteiger partial charge in [-0.15, -0.1) is 45.9 Å². The van der Waals surface area contributed by atoms with Gasteiger partial charge in [-0.25, -0.2) is 0 Å². The molecule has 0 aliphatic heterocycles. The average molecular weight is 875 g/mol. The molecule has 56 heavy (non-hydrogen) atoms. The number of aliphatic hydroxyl groups excluding tert-OH is 2. The first-order valence-electron chi connectivity index (χ1n) is 19.4. The topological polar surface area (TPSA) is 74.6 Å². The molecule has 0 radical (unpaired) electrons. The summed E-state index contributed by atoms with van der Waals surface area (Å²) in [5.74, 6) is 0.853. The third-order valence-electron chi connectivity index (χ3n) is 10.8. The zero-order chi connectivity index (χ0) is 40.5. The average Bonchev–Trinajstić information content (AvgIpc) is 3.90. The van der Waals surface area contributed by atoms with Crippen LogP contribution in [-0.4, -0.2) is 44.7 Å². The van der Waals surface area contributed by atoms with E-state index in [-0.39, 0.29) is 52.1 Å². The number of hydrogen-bond acceptors (Lipinski definition) is 6. The quantitative estimate of drug-likeness (QED) is 0.0978. The number of Topliss-reactive ketones (excluding diaryl/α,β-unsaturated/α-hetero) is 2. The highest BCUT2D eigenvalue weighted by Gasteiger charge is 2.40. The van der Waals surface area contributed by atoms with E-state index in [4.69, 9.17) is 46.4 Å². The van der Waals surface area contributed by atoms with Crippen molar-refractivity contribution in [3.05, 3.63) is 125 Å². The molecule has 4 aromatic rings. The zero-order valence-electron chi connectivity index (χ0n) is 32.4. The highest BCUT2D eigenvalue weighted by Crippen LogP contribution is 2.42. The second-order valence-electron chi connectivity index (χ2n) is 15.4. The summed E-state index contributed by atoms with van der Waals surface area (Å²) in [6.45, 7) is 7.42. The van der Waals surface area contributed by atoms with Crippen molar-refractivity contribution < 1.29 is 19.8 Å². The van der Waals surface area contributed by atoms with Gasteiger partial charge >= 0.3 is 0 Å². The Kier molecular flexibility index (Phi) is 16.9.